The highest BCUT2D eigenvalue weighted by atomic mass is 16.2. The van der Waals surface area contributed by atoms with Crippen LogP contribution in [0.15, 0.2) is 25.3 Å². The molecule has 3 amide bonds. The van der Waals surface area contributed by atoms with Crippen LogP contribution in [0.4, 0.5) is 0 Å². The zero-order chi connectivity index (χ0) is 17.6. The van der Waals surface area contributed by atoms with Crippen molar-refractivity contribution in [2.75, 3.05) is 32.7 Å². The molecule has 0 bridgehead atoms. The summed E-state index contributed by atoms with van der Waals surface area (Å²) in [6, 6.07) is 0. The molecular formula is C18H26N3O3. The molecule has 1 atom stereocenters. The van der Waals surface area contributed by atoms with Crippen molar-refractivity contribution in [1.29, 1.82) is 0 Å². The van der Waals surface area contributed by atoms with Crippen LogP contribution < -0.4 is 0 Å². The molecule has 0 aromatic rings. The van der Waals surface area contributed by atoms with Gasteiger partial charge in [-0.05, 0) is 32.1 Å². The van der Waals surface area contributed by atoms with Gasteiger partial charge >= 0.3 is 6.41 Å². The highest BCUT2D eigenvalue weighted by Gasteiger charge is 2.55. The highest BCUT2D eigenvalue weighted by molar-refractivity contribution is 6.11. The second-order valence-corrected chi connectivity index (χ2v) is 6.35. The van der Waals surface area contributed by atoms with E-state index >= 15 is 0 Å². The molecule has 0 N–H and O–H groups in total. The van der Waals surface area contributed by atoms with Crippen molar-refractivity contribution < 1.29 is 14.4 Å². The number of likely N-dealkylation sites (tertiary alicyclic amines) is 2. The van der Waals surface area contributed by atoms with Crippen molar-refractivity contribution >= 4 is 18.2 Å². The normalized spacial score (nSPS) is 23.7. The summed E-state index contributed by atoms with van der Waals surface area (Å²) in [5.41, 5.74) is -1.46. The van der Waals surface area contributed by atoms with Gasteiger partial charge in [-0.25, -0.2) is 0 Å². The second kappa shape index (κ2) is 8.13. The lowest BCUT2D eigenvalue weighted by atomic mass is 9.83. The van der Waals surface area contributed by atoms with Gasteiger partial charge in [-0.1, -0.05) is 12.2 Å². The standard InChI is InChI=1S/C18H26N3O3/c1-3-10-19(11-4-2)16(23)18(9-5-6-14-21(18)15-22)17(24)20-12-7-8-13-20/h3-4H,1-2,5-14H2. The smallest absolute Gasteiger partial charge is 0.313 e. The fourth-order valence-electron chi connectivity index (χ4n) is 3.63. The summed E-state index contributed by atoms with van der Waals surface area (Å²) < 4.78 is 0. The average molecular weight is 332 g/mol. The third kappa shape index (κ3) is 3.23. The number of carbonyl (C=O) groups excluding carboxylic acids is 3. The Hall–Kier alpha value is -2.11. The first-order valence-corrected chi connectivity index (χ1v) is 8.57. The Balaban J connectivity index is 2.42. The van der Waals surface area contributed by atoms with Crippen molar-refractivity contribution in [1.82, 2.24) is 14.7 Å². The van der Waals surface area contributed by atoms with Gasteiger partial charge in [0, 0.05) is 32.7 Å². The van der Waals surface area contributed by atoms with E-state index in [2.05, 4.69) is 13.2 Å². The van der Waals surface area contributed by atoms with Crippen molar-refractivity contribution in [3.8, 4) is 0 Å². The topological polar surface area (TPSA) is 60.9 Å². The van der Waals surface area contributed by atoms with Crippen LogP contribution in [0.5, 0.6) is 0 Å². The third-order valence-corrected chi connectivity index (χ3v) is 4.83. The van der Waals surface area contributed by atoms with Gasteiger partial charge in [0.1, 0.15) is 0 Å². The van der Waals surface area contributed by atoms with Crippen LogP contribution in [0.3, 0.4) is 0 Å². The monoisotopic (exact) mass is 332 g/mol. The van der Waals surface area contributed by atoms with Crippen molar-refractivity contribution in [2.24, 2.45) is 0 Å². The summed E-state index contributed by atoms with van der Waals surface area (Å²) in [4.78, 5) is 42.7. The molecule has 2 rings (SSSR count). The first-order chi connectivity index (χ1) is 11.6. The quantitative estimate of drug-likeness (QED) is 0.518. The van der Waals surface area contributed by atoms with Crippen LogP contribution in [0.25, 0.3) is 0 Å². The minimum atomic E-state index is -1.46. The zero-order valence-corrected chi connectivity index (χ0v) is 14.2. The van der Waals surface area contributed by atoms with Crippen LogP contribution in [-0.4, -0.2) is 71.2 Å². The molecule has 0 spiro atoms. The van der Waals surface area contributed by atoms with Crippen LogP contribution >= 0.6 is 0 Å². The molecule has 0 aliphatic carbocycles. The maximum Gasteiger partial charge on any atom is 0.313 e. The largest absolute Gasteiger partial charge is 0.340 e. The molecule has 2 saturated heterocycles. The molecule has 2 fully saturated rings. The molecule has 2 aliphatic rings. The number of nitrogens with zero attached hydrogens (tertiary/aromatic N) is 3. The van der Waals surface area contributed by atoms with E-state index in [1.165, 1.54) is 9.80 Å². The van der Waals surface area contributed by atoms with E-state index < -0.39 is 5.54 Å². The Labute approximate surface area is 143 Å². The third-order valence-electron chi connectivity index (χ3n) is 4.83. The number of amides is 3. The average Bonchev–Trinajstić information content (AvgIpc) is 3.14. The summed E-state index contributed by atoms with van der Waals surface area (Å²) in [7, 11) is 0. The van der Waals surface area contributed by atoms with Crippen molar-refractivity contribution in [3.63, 3.8) is 0 Å². The first-order valence-electron chi connectivity index (χ1n) is 8.57. The fourth-order valence-corrected chi connectivity index (χ4v) is 3.63. The number of piperidine rings is 1. The number of hydrogen-bond donors (Lipinski definition) is 0. The summed E-state index contributed by atoms with van der Waals surface area (Å²) in [6.45, 7) is 9.65. The van der Waals surface area contributed by atoms with Gasteiger partial charge in [0.25, 0.3) is 11.8 Å². The number of rotatable bonds is 7. The SMILES string of the molecule is C=CCN(CC=C)C(=O)C1(C(=O)N2CCCC2)CCCCN1[C]=O. The predicted molar refractivity (Wildman–Crippen MR) is 91.8 cm³/mol. The lowest BCUT2D eigenvalue weighted by Crippen LogP contribution is -2.68. The molecule has 2 heterocycles. The minimum Gasteiger partial charge on any atom is -0.340 e. The van der Waals surface area contributed by atoms with E-state index in [1.807, 2.05) is 6.41 Å². The molecule has 131 valence electrons. The minimum absolute atomic E-state index is 0.258. The lowest BCUT2D eigenvalue weighted by Gasteiger charge is -2.45. The summed E-state index contributed by atoms with van der Waals surface area (Å²) in [5.74, 6) is -0.603. The van der Waals surface area contributed by atoms with Crippen LogP contribution in [-0.2, 0) is 14.4 Å². The van der Waals surface area contributed by atoms with Crippen LogP contribution in [0.1, 0.15) is 32.1 Å². The Morgan fingerprint density at radius 3 is 2.17 bits per heavy atom. The van der Waals surface area contributed by atoms with E-state index in [4.69, 9.17) is 0 Å². The van der Waals surface area contributed by atoms with Gasteiger partial charge < -0.3 is 14.7 Å². The zero-order valence-electron chi connectivity index (χ0n) is 14.2. The van der Waals surface area contributed by atoms with Crippen molar-refractivity contribution in [3.05, 3.63) is 25.3 Å². The molecule has 0 aromatic heterocycles. The van der Waals surface area contributed by atoms with Crippen LogP contribution in [0.2, 0.25) is 0 Å². The predicted octanol–water partition coefficient (Wildman–Crippen LogP) is 1.10. The molecule has 0 saturated carbocycles. The van der Waals surface area contributed by atoms with Gasteiger partial charge in [0.2, 0.25) is 5.54 Å². The van der Waals surface area contributed by atoms with E-state index in [0.29, 0.717) is 39.1 Å². The Kier molecular flexibility index (Phi) is 6.17. The van der Waals surface area contributed by atoms with Gasteiger partial charge in [0.05, 0.1) is 0 Å². The molecular weight excluding hydrogens is 306 g/mol. The number of carbonyl (C=O) groups is 2. The molecule has 2 aliphatic heterocycles. The van der Waals surface area contributed by atoms with Gasteiger partial charge in [-0.3, -0.25) is 14.4 Å². The maximum absolute atomic E-state index is 13.3. The van der Waals surface area contributed by atoms with Gasteiger partial charge in [-0.2, -0.15) is 0 Å². The summed E-state index contributed by atoms with van der Waals surface area (Å²) in [6.07, 6.45) is 8.82. The molecule has 24 heavy (non-hydrogen) atoms. The first kappa shape index (κ1) is 18.2. The van der Waals surface area contributed by atoms with Crippen LogP contribution in [0, 0.1) is 0 Å². The summed E-state index contributed by atoms with van der Waals surface area (Å²) >= 11 is 0. The van der Waals surface area contributed by atoms with E-state index in [-0.39, 0.29) is 11.8 Å². The molecule has 1 radical (unpaired) electrons. The molecule has 0 aromatic carbocycles. The lowest BCUT2D eigenvalue weighted by molar-refractivity contribution is -0.157. The Morgan fingerprint density at radius 1 is 1.04 bits per heavy atom. The second-order valence-electron chi connectivity index (χ2n) is 6.35. The summed E-state index contributed by atoms with van der Waals surface area (Å²) in [5, 5.41) is 0. The molecule has 6 nitrogen and oxygen atoms in total. The van der Waals surface area contributed by atoms with E-state index in [0.717, 1.165) is 25.7 Å². The molecule has 6 heteroatoms. The van der Waals surface area contributed by atoms with Crippen molar-refractivity contribution in [2.45, 2.75) is 37.6 Å². The van der Waals surface area contributed by atoms with E-state index in [1.54, 1.807) is 17.1 Å². The maximum atomic E-state index is 13.3. The van der Waals surface area contributed by atoms with Gasteiger partial charge in [-0.15, -0.1) is 13.2 Å². The number of hydrogen-bond acceptors (Lipinski definition) is 3. The van der Waals surface area contributed by atoms with Gasteiger partial charge in [0.15, 0.2) is 0 Å². The Bertz CT molecular complexity index is 504. The highest BCUT2D eigenvalue weighted by Crippen LogP contribution is 2.32. The fraction of sp³-hybridized carbons (Fsp3) is 0.611. The Morgan fingerprint density at radius 2 is 1.62 bits per heavy atom. The molecule has 1 unspecified atom stereocenters. The van der Waals surface area contributed by atoms with E-state index in [9.17, 15) is 14.4 Å².